The minimum Gasteiger partial charge on any atom is -0.361 e. The monoisotopic (exact) mass is 334 g/mol. The first-order chi connectivity index (χ1) is 12.2. The number of carbonyl (C=O) groups is 1. The van der Waals surface area contributed by atoms with Gasteiger partial charge in [-0.15, -0.1) is 0 Å². The summed E-state index contributed by atoms with van der Waals surface area (Å²) in [4.78, 5) is 17.5. The van der Waals surface area contributed by atoms with Crippen LogP contribution in [0.2, 0.25) is 0 Å². The number of fused-ring (bicyclic) bond motifs is 1. The van der Waals surface area contributed by atoms with Gasteiger partial charge in [-0.3, -0.25) is 4.79 Å². The Morgan fingerprint density at radius 2 is 2.00 bits per heavy atom. The van der Waals surface area contributed by atoms with E-state index in [0.29, 0.717) is 19.5 Å². The van der Waals surface area contributed by atoms with Crippen LogP contribution in [-0.4, -0.2) is 28.9 Å². The summed E-state index contributed by atoms with van der Waals surface area (Å²) in [5, 5.41) is 0.898. The van der Waals surface area contributed by atoms with Gasteiger partial charge in [-0.25, -0.2) is 4.39 Å². The van der Waals surface area contributed by atoms with Crippen LogP contribution in [0.1, 0.15) is 17.5 Å². The first kappa shape index (κ1) is 15.6. The van der Waals surface area contributed by atoms with Crippen LogP contribution in [0.25, 0.3) is 16.5 Å². The van der Waals surface area contributed by atoms with Crippen LogP contribution in [-0.2, 0) is 11.2 Å². The number of carbonyl (C=O) groups excluding carboxylic acids is 1. The molecule has 0 fully saturated rings. The maximum absolute atomic E-state index is 13.6. The lowest BCUT2D eigenvalue weighted by Crippen LogP contribution is -2.35. The fourth-order valence-corrected chi connectivity index (χ4v) is 3.38. The van der Waals surface area contributed by atoms with E-state index in [-0.39, 0.29) is 11.7 Å². The van der Waals surface area contributed by atoms with Gasteiger partial charge >= 0.3 is 0 Å². The Morgan fingerprint density at radius 3 is 2.76 bits per heavy atom. The number of nitrogens with one attached hydrogen (secondary N) is 1. The summed E-state index contributed by atoms with van der Waals surface area (Å²) in [5.41, 5.74) is 4.17. The van der Waals surface area contributed by atoms with Crippen LogP contribution < -0.4 is 0 Å². The topological polar surface area (TPSA) is 36.1 Å². The van der Waals surface area contributed by atoms with E-state index in [1.807, 2.05) is 41.4 Å². The molecule has 0 atom stereocenters. The van der Waals surface area contributed by atoms with E-state index < -0.39 is 0 Å². The minimum absolute atomic E-state index is 0.145. The fraction of sp³-hybridized carbons (Fsp3) is 0.190. The van der Waals surface area contributed by atoms with E-state index in [0.717, 1.165) is 28.5 Å². The SMILES string of the molecule is O=C(Cc1ccccc1)N1CC=C(c2c[nH]c3ccc(F)cc23)CC1. The smallest absolute Gasteiger partial charge is 0.227 e. The van der Waals surface area contributed by atoms with Gasteiger partial charge in [-0.1, -0.05) is 36.4 Å². The van der Waals surface area contributed by atoms with Crippen molar-refractivity contribution in [2.24, 2.45) is 0 Å². The number of hydrogen-bond donors (Lipinski definition) is 1. The maximum atomic E-state index is 13.6. The molecule has 0 spiro atoms. The predicted octanol–water partition coefficient (Wildman–Crippen LogP) is 4.17. The van der Waals surface area contributed by atoms with Gasteiger partial charge in [0.05, 0.1) is 6.42 Å². The predicted molar refractivity (Wildman–Crippen MR) is 97.6 cm³/mol. The molecule has 1 N–H and O–H groups in total. The second-order valence-corrected chi connectivity index (χ2v) is 6.37. The van der Waals surface area contributed by atoms with Gasteiger partial charge in [-0.2, -0.15) is 0 Å². The first-order valence-electron chi connectivity index (χ1n) is 8.48. The lowest BCUT2D eigenvalue weighted by atomic mass is 9.98. The average Bonchev–Trinajstić information content (AvgIpc) is 3.05. The quantitative estimate of drug-likeness (QED) is 0.767. The Balaban J connectivity index is 1.50. The normalized spacial score (nSPS) is 14.6. The number of benzene rings is 2. The Bertz CT molecular complexity index is 943. The summed E-state index contributed by atoms with van der Waals surface area (Å²) in [5.74, 6) is -0.0871. The number of H-pyrrole nitrogens is 1. The van der Waals surface area contributed by atoms with E-state index in [1.165, 1.54) is 11.6 Å². The van der Waals surface area contributed by atoms with Gasteiger partial charge in [0.2, 0.25) is 5.91 Å². The number of aromatic amines is 1. The van der Waals surface area contributed by atoms with E-state index >= 15 is 0 Å². The number of halogens is 1. The van der Waals surface area contributed by atoms with Crippen molar-refractivity contribution in [3.63, 3.8) is 0 Å². The second-order valence-electron chi connectivity index (χ2n) is 6.37. The number of hydrogen-bond acceptors (Lipinski definition) is 1. The Kier molecular flexibility index (Phi) is 4.10. The number of amides is 1. The summed E-state index contributed by atoms with van der Waals surface area (Å²) in [6, 6.07) is 14.6. The zero-order valence-electron chi connectivity index (χ0n) is 13.8. The van der Waals surface area contributed by atoms with Crippen molar-refractivity contribution in [3.8, 4) is 0 Å². The largest absolute Gasteiger partial charge is 0.361 e. The molecule has 4 rings (SSSR count). The third-order valence-electron chi connectivity index (χ3n) is 4.75. The highest BCUT2D eigenvalue weighted by atomic mass is 19.1. The van der Waals surface area contributed by atoms with Crippen molar-refractivity contribution < 1.29 is 9.18 Å². The van der Waals surface area contributed by atoms with E-state index in [4.69, 9.17) is 0 Å². The average molecular weight is 334 g/mol. The molecule has 0 saturated carbocycles. The molecule has 3 aromatic rings. The third kappa shape index (κ3) is 3.20. The Hall–Kier alpha value is -2.88. The lowest BCUT2D eigenvalue weighted by molar-refractivity contribution is -0.130. The molecule has 0 unspecified atom stereocenters. The molecule has 0 saturated heterocycles. The Labute approximate surface area is 145 Å². The number of rotatable bonds is 3. The molecule has 0 aliphatic carbocycles. The zero-order chi connectivity index (χ0) is 17.2. The van der Waals surface area contributed by atoms with E-state index in [9.17, 15) is 9.18 Å². The second kappa shape index (κ2) is 6.55. The molecule has 4 heteroatoms. The van der Waals surface area contributed by atoms with Crippen molar-refractivity contribution in [3.05, 3.63) is 77.7 Å². The van der Waals surface area contributed by atoms with Crippen LogP contribution in [0.4, 0.5) is 4.39 Å². The molecule has 1 aromatic heterocycles. The molecule has 1 amide bonds. The van der Waals surface area contributed by atoms with Crippen LogP contribution in [0.3, 0.4) is 0 Å². The van der Waals surface area contributed by atoms with Crippen LogP contribution in [0.5, 0.6) is 0 Å². The maximum Gasteiger partial charge on any atom is 0.227 e. The summed E-state index contributed by atoms with van der Waals surface area (Å²) in [6.07, 6.45) is 5.23. The van der Waals surface area contributed by atoms with E-state index in [1.54, 1.807) is 12.1 Å². The van der Waals surface area contributed by atoms with Crippen molar-refractivity contribution in [2.45, 2.75) is 12.8 Å². The van der Waals surface area contributed by atoms with Crippen LogP contribution in [0.15, 0.2) is 60.8 Å². The summed E-state index contributed by atoms with van der Waals surface area (Å²) in [6.45, 7) is 1.29. The first-order valence-corrected chi connectivity index (χ1v) is 8.48. The molecule has 25 heavy (non-hydrogen) atoms. The molecule has 3 nitrogen and oxygen atoms in total. The van der Waals surface area contributed by atoms with Crippen molar-refractivity contribution in [2.75, 3.05) is 13.1 Å². The molecule has 2 aromatic carbocycles. The molecule has 1 aliphatic rings. The van der Waals surface area contributed by atoms with Crippen LogP contribution in [0, 0.1) is 5.82 Å². The zero-order valence-corrected chi connectivity index (χ0v) is 13.8. The molecule has 1 aliphatic heterocycles. The van der Waals surface area contributed by atoms with Crippen molar-refractivity contribution in [1.29, 1.82) is 0 Å². The standard InChI is InChI=1S/C21H19FN2O/c22-17-6-7-20-18(13-17)19(14-23-20)16-8-10-24(11-9-16)21(25)12-15-4-2-1-3-5-15/h1-8,13-14,23H,9-12H2. The summed E-state index contributed by atoms with van der Waals surface area (Å²) < 4.78 is 13.6. The molecule has 2 heterocycles. The van der Waals surface area contributed by atoms with E-state index in [2.05, 4.69) is 11.1 Å². The van der Waals surface area contributed by atoms with Crippen molar-refractivity contribution >= 4 is 22.4 Å². The van der Waals surface area contributed by atoms with Gasteiger partial charge in [-0.05, 0) is 35.8 Å². The highest BCUT2D eigenvalue weighted by Gasteiger charge is 2.19. The van der Waals surface area contributed by atoms with Gasteiger partial charge < -0.3 is 9.88 Å². The Morgan fingerprint density at radius 1 is 1.16 bits per heavy atom. The highest BCUT2D eigenvalue weighted by molar-refractivity contribution is 5.93. The number of nitrogens with zero attached hydrogens (tertiary/aromatic N) is 1. The highest BCUT2D eigenvalue weighted by Crippen LogP contribution is 2.29. The summed E-state index contributed by atoms with van der Waals surface area (Å²) >= 11 is 0. The molecular weight excluding hydrogens is 315 g/mol. The minimum atomic E-state index is -0.232. The van der Waals surface area contributed by atoms with Gasteiger partial charge in [0.25, 0.3) is 0 Å². The van der Waals surface area contributed by atoms with Gasteiger partial charge in [0.15, 0.2) is 0 Å². The lowest BCUT2D eigenvalue weighted by Gasteiger charge is -2.26. The third-order valence-corrected chi connectivity index (χ3v) is 4.75. The molecule has 0 radical (unpaired) electrons. The van der Waals surface area contributed by atoms with Crippen molar-refractivity contribution in [1.82, 2.24) is 9.88 Å². The number of aromatic nitrogens is 1. The fourth-order valence-electron chi connectivity index (χ4n) is 3.38. The molecular formula is C21H19FN2O. The van der Waals surface area contributed by atoms with Crippen LogP contribution >= 0.6 is 0 Å². The van der Waals surface area contributed by atoms with Gasteiger partial charge in [0.1, 0.15) is 5.82 Å². The molecule has 126 valence electrons. The molecule has 0 bridgehead atoms. The van der Waals surface area contributed by atoms with Gasteiger partial charge in [0, 0.05) is 35.8 Å². The summed E-state index contributed by atoms with van der Waals surface area (Å²) in [7, 11) is 0.